The normalized spacial score (nSPS) is 19.1. The van der Waals surface area contributed by atoms with E-state index >= 15 is 0 Å². The average molecular weight is 366 g/mol. The van der Waals surface area contributed by atoms with Crippen LogP contribution in [0.2, 0.25) is 0 Å². The van der Waals surface area contributed by atoms with Crippen LogP contribution in [0.1, 0.15) is 18.4 Å². The number of para-hydroxylation sites is 1. The van der Waals surface area contributed by atoms with Gasteiger partial charge in [-0.1, -0.05) is 18.2 Å². The van der Waals surface area contributed by atoms with Crippen LogP contribution >= 0.6 is 0 Å². The highest BCUT2D eigenvalue weighted by Crippen LogP contribution is 2.37. The Bertz CT molecular complexity index is 735. The summed E-state index contributed by atoms with van der Waals surface area (Å²) in [6.45, 7) is 1.17. The maximum absolute atomic E-state index is 13.5. The monoisotopic (exact) mass is 366 g/mol. The fourth-order valence-corrected chi connectivity index (χ4v) is 3.41. The Hall–Kier alpha value is -2.28. The van der Waals surface area contributed by atoms with E-state index in [1.165, 1.54) is 0 Å². The van der Waals surface area contributed by atoms with E-state index in [0.29, 0.717) is 31.2 Å². The molecule has 0 bridgehead atoms. The molecular formula is C19H21F3N2O2. The van der Waals surface area contributed by atoms with Crippen molar-refractivity contribution in [3.05, 3.63) is 53.3 Å². The second kappa shape index (κ2) is 7.53. The van der Waals surface area contributed by atoms with Crippen LogP contribution in [0.3, 0.4) is 0 Å². The molecule has 7 heteroatoms. The van der Waals surface area contributed by atoms with Gasteiger partial charge in [0.15, 0.2) is 0 Å². The minimum absolute atomic E-state index is 0.152. The minimum atomic E-state index is -4.52. The number of amides is 1. The van der Waals surface area contributed by atoms with Gasteiger partial charge in [-0.15, -0.1) is 0 Å². The molecule has 1 fully saturated rings. The van der Waals surface area contributed by atoms with Crippen LogP contribution < -0.4 is 10.6 Å². The molecule has 0 atom stereocenters. The SMILES string of the molecule is NC(=O)C1=CC=C(C(F)(F)F)N(c2ccccc2CC2CCOCC2)C1. The zero-order chi connectivity index (χ0) is 18.7. The van der Waals surface area contributed by atoms with E-state index in [4.69, 9.17) is 10.5 Å². The number of carbonyl (C=O) groups is 1. The van der Waals surface area contributed by atoms with E-state index in [2.05, 4.69) is 0 Å². The van der Waals surface area contributed by atoms with Crippen molar-refractivity contribution in [2.75, 3.05) is 24.7 Å². The summed E-state index contributed by atoms with van der Waals surface area (Å²) in [5, 5.41) is 0. The summed E-state index contributed by atoms with van der Waals surface area (Å²) < 4.78 is 45.9. The van der Waals surface area contributed by atoms with E-state index in [9.17, 15) is 18.0 Å². The molecular weight excluding hydrogens is 345 g/mol. The van der Waals surface area contributed by atoms with Gasteiger partial charge < -0.3 is 15.4 Å². The Morgan fingerprint density at radius 2 is 1.88 bits per heavy atom. The zero-order valence-corrected chi connectivity index (χ0v) is 14.3. The van der Waals surface area contributed by atoms with Gasteiger partial charge in [0.25, 0.3) is 0 Å². The van der Waals surface area contributed by atoms with E-state index in [-0.39, 0.29) is 12.1 Å². The molecule has 140 valence electrons. The van der Waals surface area contributed by atoms with E-state index in [1.807, 2.05) is 12.1 Å². The Labute approximate surface area is 150 Å². The summed E-state index contributed by atoms with van der Waals surface area (Å²) in [6, 6.07) is 7.04. The Morgan fingerprint density at radius 1 is 1.19 bits per heavy atom. The summed E-state index contributed by atoms with van der Waals surface area (Å²) in [5.74, 6) is -0.339. The van der Waals surface area contributed by atoms with Crippen LogP contribution in [0, 0.1) is 5.92 Å². The summed E-state index contributed by atoms with van der Waals surface area (Å²) in [5.41, 5.74) is 5.95. The lowest BCUT2D eigenvalue weighted by atomic mass is 9.91. The molecule has 2 aliphatic heterocycles. The number of hydrogen-bond acceptors (Lipinski definition) is 3. The molecule has 0 aliphatic carbocycles. The molecule has 0 radical (unpaired) electrons. The molecule has 1 aromatic rings. The van der Waals surface area contributed by atoms with Gasteiger partial charge >= 0.3 is 6.18 Å². The number of ether oxygens (including phenoxy) is 1. The van der Waals surface area contributed by atoms with Gasteiger partial charge in [-0.3, -0.25) is 4.79 Å². The van der Waals surface area contributed by atoms with Gasteiger partial charge in [-0.2, -0.15) is 13.2 Å². The molecule has 1 saturated heterocycles. The number of carbonyl (C=O) groups excluding carboxylic acids is 1. The second-order valence-corrected chi connectivity index (χ2v) is 6.58. The first-order valence-electron chi connectivity index (χ1n) is 8.57. The fraction of sp³-hybridized carbons (Fsp3) is 0.421. The van der Waals surface area contributed by atoms with Crippen LogP contribution in [-0.2, 0) is 16.0 Å². The number of benzene rings is 1. The first kappa shape index (κ1) is 18.5. The van der Waals surface area contributed by atoms with Gasteiger partial charge in [0.2, 0.25) is 5.91 Å². The number of primary amides is 1. The number of alkyl halides is 3. The molecule has 0 saturated carbocycles. The molecule has 2 aliphatic rings. The molecule has 2 N–H and O–H groups in total. The lowest BCUT2D eigenvalue weighted by Gasteiger charge is -2.33. The van der Waals surface area contributed by atoms with Crippen LogP contribution in [0.15, 0.2) is 47.7 Å². The number of hydrogen-bond donors (Lipinski definition) is 1. The summed E-state index contributed by atoms with van der Waals surface area (Å²) in [6.07, 6.45) is 0.0191. The maximum atomic E-state index is 13.5. The summed E-state index contributed by atoms with van der Waals surface area (Å²) >= 11 is 0. The third-order valence-corrected chi connectivity index (χ3v) is 4.80. The van der Waals surface area contributed by atoms with Gasteiger partial charge in [-0.25, -0.2) is 0 Å². The molecule has 0 aromatic heterocycles. The molecule has 0 unspecified atom stereocenters. The Morgan fingerprint density at radius 3 is 2.54 bits per heavy atom. The molecule has 4 nitrogen and oxygen atoms in total. The van der Waals surface area contributed by atoms with Crippen LogP contribution in [0.4, 0.5) is 18.9 Å². The summed E-state index contributed by atoms with van der Waals surface area (Å²) in [4.78, 5) is 12.6. The highest BCUT2D eigenvalue weighted by molar-refractivity contribution is 5.94. The lowest BCUT2D eigenvalue weighted by molar-refractivity contribution is -0.114. The quantitative estimate of drug-likeness (QED) is 0.889. The predicted octanol–water partition coefficient (Wildman–Crippen LogP) is 3.33. The third kappa shape index (κ3) is 4.09. The van der Waals surface area contributed by atoms with Gasteiger partial charge in [0.05, 0.1) is 6.54 Å². The number of anilines is 1. The van der Waals surface area contributed by atoms with Crippen LogP contribution in [0.25, 0.3) is 0 Å². The number of allylic oxidation sites excluding steroid dienone is 3. The third-order valence-electron chi connectivity index (χ3n) is 4.80. The van der Waals surface area contributed by atoms with E-state index in [1.54, 1.807) is 12.1 Å². The van der Waals surface area contributed by atoms with Crippen molar-refractivity contribution in [2.24, 2.45) is 11.7 Å². The van der Waals surface area contributed by atoms with Crippen LogP contribution in [0.5, 0.6) is 0 Å². The average Bonchev–Trinajstić information content (AvgIpc) is 2.62. The number of nitrogens with two attached hydrogens (primary N) is 1. The van der Waals surface area contributed by atoms with Crippen molar-refractivity contribution in [3.63, 3.8) is 0 Å². The first-order chi connectivity index (χ1) is 12.4. The van der Waals surface area contributed by atoms with Crippen molar-refractivity contribution in [1.29, 1.82) is 0 Å². The first-order valence-corrected chi connectivity index (χ1v) is 8.57. The van der Waals surface area contributed by atoms with Crippen molar-refractivity contribution in [1.82, 2.24) is 0 Å². The van der Waals surface area contributed by atoms with Gasteiger partial charge in [-0.05, 0) is 49.0 Å². The fourth-order valence-electron chi connectivity index (χ4n) is 3.41. The van der Waals surface area contributed by atoms with Crippen molar-refractivity contribution >= 4 is 11.6 Å². The maximum Gasteiger partial charge on any atom is 0.431 e. The van der Waals surface area contributed by atoms with Crippen LogP contribution in [-0.4, -0.2) is 31.8 Å². The molecule has 2 heterocycles. The number of halogens is 3. The van der Waals surface area contributed by atoms with Gasteiger partial charge in [0.1, 0.15) is 5.70 Å². The van der Waals surface area contributed by atoms with Crippen molar-refractivity contribution < 1.29 is 22.7 Å². The molecule has 26 heavy (non-hydrogen) atoms. The number of rotatable bonds is 4. The molecule has 0 spiro atoms. The van der Waals surface area contributed by atoms with Gasteiger partial charge in [0, 0.05) is 24.5 Å². The summed E-state index contributed by atoms with van der Waals surface area (Å²) in [7, 11) is 0. The smallest absolute Gasteiger partial charge is 0.381 e. The largest absolute Gasteiger partial charge is 0.431 e. The Kier molecular flexibility index (Phi) is 5.36. The standard InChI is InChI=1S/C19H21F3N2O2/c20-19(21,22)17-6-5-15(18(23)25)12-24(17)16-4-2-1-3-14(16)11-13-7-9-26-10-8-13/h1-6,13H,7-12H2,(H2,23,25). The minimum Gasteiger partial charge on any atom is -0.381 e. The molecule has 1 aromatic carbocycles. The zero-order valence-electron chi connectivity index (χ0n) is 14.3. The van der Waals surface area contributed by atoms with E-state index < -0.39 is 17.8 Å². The van der Waals surface area contributed by atoms with Crippen molar-refractivity contribution in [2.45, 2.75) is 25.4 Å². The van der Waals surface area contributed by atoms with Crippen molar-refractivity contribution in [3.8, 4) is 0 Å². The van der Waals surface area contributed by atoms with E-state index in [0.717, 1.165) is 35.5 Å². The highest BCUT2D eigenvalue weighted by atomic mass is 19.4. The number of nitrogens with zero attached hydrogens (tertiary/aromatic N) is 1. The predicted molar refractivity (Wildman–Crippen MR) is 92.5 cm³/mol. The highest BCUT2D eigenvalue weighted by Gasteiger charge is 2.40. The second-order valence-electron chi connectivity index (χ2n) is 6.58. The molecule has 3 rings (SSSR count). The lowest BCUT2D eigenvalue weighted by Crippen LogP contribution is -2.38. The molecule has 1 amide bonds. The topological polar surface area (TPSA) is 55.6 Å². The Balaban J connectivity index is 1.94.